The summed E-state index contributed by atoms with van der Waals surface area (Å²) in [7, 11) is 1.91. The van der Waals surface area contributed by atoms with Crippen molar-refractivity contribution in [2.75, 3.05) is 0 Å². The molecule has 1 saturated carbocycles. The molecule has 2 atom stereocenters. The van der Waals surface area contributed by atoms with Crippen LogP contribution in [0.25, 0.3) is 0 Å². The summed E-state index contributed by atoms with van der Waals surface area (Å²) in [4.78, 5) is 0. The lowest BCUT2D eigenvalue weighted by molar-refractivity contribution is 0.653. The monoisotopic (exact) mass is 192 g/mol. The third-order valence-corrected chi connectivity index (χ3v) is 3.25. The molecule has 0 aliphatic heterocycles. The molecule has 4 heteroatoms. The van der Waals surface area contributed by atoms with Gasteiger partial charge in [-0.15, -0.1) is 0 Å². The molecule has 0 amide bonds. The van der Waals surface area contributed by atoms with Gasteiger partial charge in [-0.3, -0.25) is 10.1 Å². The van der Waals surface area contributed by atoms with Gasteiger partial charge in [-0.25, -0.2) is 0 Å². The lowest BCUT2D eigenvalue weighted by Gasteiger charge is -2.14. The number of nitrogens with zero attached hydrogens (tertiary/aromatic N) is 2. The molecular formula is C10H16N4. The van der Waals surface area contributed by atoms with Gasteiger partial charge in [0, 0.05) is 7.05 Å². The first-order valence-corrected chi connectivity index (χ1v) is 4.84. The highest BCUT2D eigenvalue weighted by atomic mass is 15.3. The van der Waals surface area contributed by atoms with Crippen LogP contribution >= 0.6 is 0 Å². The van der Waals surface area contributed by atoms with E-state index < -0.39 is 0 Å². The van der Waals surface area contributed by atoms with E-state index in [4.69, 9.17) is 11.1 Å². The van der Waals surface area contributed by atoms with E-state index in [9.17, 15) is 0 Å². The molecule has 2 unspecified atom stereocenters. The minimum atomic E-state index is -0.226. The van der Waals surface area contributed by atoms with Gasteiger partial charge in [0.05, 0.1) is 16.8 Å². The first kappa shape index (κ1) is 9.24. The summed E-state index contributed by atoms with van der Waals surface area (Å²) >= 11 is 0. The molecule has 1 aromatic rings. The van der Waals surface area contributed by atoms with Crippen LogP contribution in [0.3, 0.4) is 0 Å². The molecule has 0 aromatic carbocycles. The zero-order valence-corrected chi connectivity index (χ0v) is 8.83. The standard InChI is InChI=1S/C10H16N4/c1-6-5-10(6,9(11)12)8-4-7(2)13-14(8)3/h4,6H,5H2,1-3H3,(H3,11,12). The van der Waals surface area contributed by atoms with Gasteiger partial charge in [-0.05, 0) is 25.3 Å². The Balaban J connectivity index is 2.48. The second kappa shape index (κ2) is 2.59. The first-order chi connectivity index (χ1) is 6.48. The molecule has 1 aromatic heterocycles. The van der Waals surface area contributed by atoms with Crippen LogP contribution < -0.4 is 5.73 Å². The van der Waals surface area contributed by atoms with Gasteiger partial charge in [-0.1, -0.05) is 6.92 Å². The lowest BCUT2D eigenvalue weighted by atomic mass is 9.98. The van der Waals surface area contributed by atoms with Crippen LogP contribution in [0.1, 0.15) is 24.7 Å². The van der Waals surface area contributed by atoms with Gasteiger partial charge >= 0.3 is 0 Å². The maximum absolute atomic E-state index is 7.67. The number of hydrogen-bond donors (Lipinski definition) is 2. The molecule has 1 heterocycles. The maximum Gasteiger partial charge on any atom is 0.103 e. The van der Waals surface area contributed by atoms with E-state index in [0.717, 1.165) is 17.8 Å². The molecule has 0 spiro atoms. The lowest BCUT2D eigenvalue weighted by Crippen LogP contribution is -2.31. The van der Waals surface area contributed by atoms with Crippen LogP contribution in [-0.4, -0.2) is 15.6 Å². The Morgan fingerprint density at radius 1 is 1.79 bits per heavy atom. The largest absolute Gasteiger partial charge is 0.387 e. The van der Waals surface area contributed by atoms with Crippen molar-refractivity contribution in [1.29, 1.82) is 5.41 Å². The number of amidine groups is 1. The fraction of sp³-hybridized carbons (Fsp3) is 0.600. The van der Waals surface area contributed by atoms with Crippen LogP contribution in [0, 0.1) is 18.3 Å². The Hall–Kier alpha value is -1.32. The van der Waals surface area contributed by atoms with Gasteiger partial charge < -0.3 is 5.73 Å². The number of aromatic nitrogens is 2. The van der Waals surface area contributed by atoms with Crippen LogP contribution in [0.15, 0.2) is 6.07 Å². The molecule has 0 bridgehead atoms. The fourth-order valence-corrected chi connectivity index (χ4v) is 2.32. The molecule has 1 aliphatic rings. The zero-order chi connectivity index (χ0) is 10.5. The molecule has 2 rings (SSSR count). The predicted molar refractivity (Wildman–Crippen MR) is 55.3 cm³/mol. The summed E-state index contributed by atoms with van der Waals surface area (Å²) in [5.74, 6) is 0.739. The van der Waals surface area contributed by atoms with Crippen LogP contribution in [0.4, 0.5) is 0 Å². The van der Waals surface area contributed by atoms with E-state index in [1.54, 1.807) is 0 Å². The summed E-state index contributed by atoms with van der Waals surface area (Å²) < 4.78 is 1.85. The molecule has 14 heavy (non-hydrogen) atoms. The summed E-state index contributed by atoms with van der Waals surface area (Å²) in [6.45, 7) is 4.09. The van der Waals surface area contributed by atoms with E-state index in [0.29, 0.717) is 5.92 Å². The third-order valence-electron chi connectivity index (χ3n) is 3.25. The molecule has 3 N–H and O–H groups in total. The Kier molecular flexibility index (Phi) is 1.71. The Morgan fingerprint density at radius 3 is 2.64 bits per heavy atom. The molecule has 4 nitrogen and oxygen atoms in total. The average molecular weight is 192 g/mol. The molecule has 0 saturated heterocycles. The van der Waals surface area contributed by atoms with Gasteiger partial charge in [-0.2, -0.15) is 5.10 Å². The van der Waals surface area contributed by atoms with E-state index in [1.807, 2.05) is 24.7 Å². The van der Waals surface area contributed by atoms with Crippen molar-refractivity contribution in [3.05, 3.63) is 17.5 Å². The fourth-order valence-electron chi connectivity index (χ4n) is 2.32. The normalized spacial score (nSPS) is 30.4. The van der Waals surface area contributed by atoms with Crippen molar-refractivity contribution in [2.24, 2.45) is 18.7 Å². The molecular weight excluding hydrogens is 176 g/mol. The van der Waals surface area contributed by atoms with Crippen molar-refractivity contribution < 1.29 is 0 Å². The quantitative estimate of drug-likeness (QED) is 0.541. The predicted octanol–water partition coefficient (Wildman–Crippen LogP) is 0.942. The third kappa shape index (κ3) is 0.997. The highest BCUT2D eigenvalue weighted by molar-refractivity contribution is 5.92. The molecule has 0 radical (unpaired) electrons. The van der Waals surface area contributed by atoms with E-state index in [2.05, 4.69) is 12.0 Å². The highest BCUT2D eigenvalue weighted by Gasteiger charge is 2.57. The summed E-state index contributed by atoms with van der Waals surface area (Å²) in [6.07, 6.45) is 0.974. The first-order valence-electron chi connectivity index (χ1n) is 4.84. The van der Waals surface area contributed by atoms with E-state index in [-0.39, 0.29) is 11.3 Å². The van der Waals surface area contributed by atoms with Crippen LogP contribution in [0.2, 0.25) is 0 Å². The van der Waals surface area contributed by atoms with Gasteiger partial charge in [0.25, 0.3) is 0 Å². The van der Waals surface area contributed by atoms with Crippen molar-refractivity contribution in [2.45, 2.75) is 25.7 Å². The van der Waals surface area contributed by atoms with Crippen molar-refractivity contribution in [3.63, 3.8) is 0 Å². The smallest absolute Gasteiger partial charge is 0.103 e. The number of nitrogens with two attached hydrogens (primary N) is 1. The van der Waals surface area contributed by atoms with Crippen molar-refractivity contribution >= 4 is 5.84 Å². The van der Waals surface area contributed by atoms with E-state index >= 15 is 0 Å². The minimum Gasteiger partial charge on any atom is -0.387 e. The number of nitrogens with one attached hydrogen (secondary N) is 1. The Morgan fingerprint density at radius 2 is 2.36 bits per heavy atom. The van der Waals surface area contributed by atoms with Crippen molar-refractivity contribution in [1.82, 2.24) is 9.78 Å². The van der Waals surface area contributed by atoms with Gasteiger partial charge in [0.2, 0.25) is 0 Å². The summed E-state index contributed by atoms with van der Waals surface area (Å²) in [5, 5.41) is 12.0. The number of hydrogen-bond acceptors (Lipinski definition) is 2. The topological polar surface area (TPSA) is 67.7 Å². The SMILES string of the molecule is Cc1cc(C2(C(=N)N)CC2C)n(C)n1. The average Bonchev–Trinajstić information content (AvgIpc) is 2.63. The van der Waals surface area contributed by atoms with Crippen LogP contribution in [0.5, 0.6) is 0 Å². The molecule has 1 aliphatic carbocycles. The van der Waals surface area contributed by atoms with Gasteiger partial charge in [0.1, 0.15) is 5.84 Å². The summed E-state index contributed by atoms with van der Waals surface area (Å²) in [6, 6.07) is 2.03. The molecule has 1 fully saturated rings. The van der Waals surface area contributed by atoms with Gasteiger partial charge in [0.15, 0.2) is 0 Å². The molecule has 76 valence electrons. The Bertz CT molecular complexity index is 393. The maximum atomic E-state index is 7.67. The van der Waals surface area contributed by atoms with E-state index in [1.165, 1.54) is 0 Å². The second-order valence-electron chi connectivity index (χ2n) is 4.28. The number of rotatable bonds is 2. The Labute approximate surface area is 83.6 Å². The second-order valence-corrected chi connectivity index (χ2v) is 4.28. The zero-order valence-electron chi connectivity index (χ0n) is 8.83. The summed E-state index contributed by atoms with van der Waals surface area (Å²) in [5.41, 5.74) is 7.52. The van der Waals surface area contributed by atoms with Crippen LogP contribution in [-0.2, 0) is 12.5 Å². The number of aryl methyl sites for hydroxylation is 2. The highest BCUT2D eigenvalue weighted by Crippen LogP contribution is 2.53. The van der Waals surface area contributed by atoms with Crippen molar-refractivity contribution in [3.8, 4) is 0 Å². The minimum absolute atomic E-state index is 0.226.